The Hall–Kier alpha value is -1.47. The third-order valence-corrected chi connectivity index (χ3v) is 6.77. The first-order valence-corrected chi connectivity index (χ1v) is 9.65. The van der Waals surface area contributed by atoms with Crippen molar-refractivity contribution >= 4 is 17.3 Å². The van der Waals surface area contributed by atoms with Gasteiger partial charge < -0.3 is 5.32 Å². The summed E-state index contributed by atoms with van der Waals surface area (Å²) in [6.07, 6.45) is 8.84. The molecule has 0 aliphatic heterocycles. The molecule has 2 aliphatic rings. The highest BCUT2D eigenvalue weighted by Crippen LogP contribution is 2.52. The zero-order valence-corrected chi connectivity index (χ0v) is 15.2. The maximum Gasteiger partial charge on any atom is 0.0426 e. The van der Waals surface area contributed by atoms with E-state index in [4.69, 9.17) is 11.6 Å². The Bertz CT molecular complexity index is 728. The summed E-state index contributed by atoms with van der Waals surface area (Å²) in [6.45, 7) is 2.32. The molecule has 2 aliphatic carbocycles. The summed E-state index contributed by atoms with van der Waals surface area (Å²) in [7, 11) is 0. The fourth-order valence-corrected chi connectivity index (χ4v) is 5.12. The molecular formula is C22H26ClN. The van der Waals surface area contributed by atoms with Crippen LogP contribution >= 0.6 is 11.6 Å². The fraction of sp³-hybridized carbons (Fsp3) is 0.455. The molecule has 0 aromatic heterocycles. The molecule has 1 saturated carbocycles. The van der Waals surface area contributed by atoms with Gasteiger partial charge in [-0.1, -0.05) is 48.9 Å². The van der Waals surface area contributed by atoms with Crippen molar-refractivity contribution in [1.82, 2.24) is 0 Å². The van der Waals surface area contributed by atoms with E-state index in [1.165, 1.54) is 38.5 Å². The summed E-state index contributed by atoms with van der Waals surface area (Å²) in [5.41, 5.74) is 5.03. The summed E-state index contributed by atoms with van der Waals surface area (Å²) >= 11 is 6.17. The molecule has 0 saturated heterocycles. The number of benzene rings is 2. The number of aryl methyl sites for hydroxylation is 1. The molecule has 1 spiro atoms. The average molecular weight is 340 g/mol. The van der Waals surface area contributed by atoms with Gasteiger partial charge in [0.2, 0.25) is 0 Å². The van der Waals surface area contributed by atoms with Crippen molar-refractivity contribution in [1.29, 1.82) is 0 Å². The lowest BCUT2D eigenvalue weighted by Crippen LogP contribution is -2.45. The summed E-state index contributed by atoms with van der Waals surface area (Å²) < 4.78 is 0. The predicted octanol–water partition coefficient (Wildman–Crippen LogP) is 6.36. The van der Waals surface area contributed by atoms with E-state index < -0.39 is 0 Å². The van der Waals surface area contributed by atoms with Gasteiger partial charge in [0.05, 0.1) is 0 Å². The van der Waals surface area contributed by atoms with E-state index in [1.54, 1.807) is 11.1 Å². The first kappa shape index (κ1) is 16.0. The van der Waals surface area contributed by atoms with E-state index in [-0.39, 0.29) is 5.54 Å². The Morgan fingerprint density at radius 3 is 2.50 bits per heavy atom. The van der Waals surface area contributed by atoms with Crippen LogP contribution in [0, 0.1) is 0 Å². The molecule has 0 heterocycles. The quantitative estimate of drug-likeness (QED) is 0.686. The minimum absolute atomic E-state index is 0.216. The third-order valence-electron chi connectivity index (χ3n) is 6.54. The highest BCUT2D eigenvalue weighted by molar-refractivity contribution is 6.30. The number of fused-ring (bicyclic) bond motifs is 2. The van der Waals surface area contributed by atoms with Gasteiger partial charge >= 0.3 is 0 Å². The van der Waals surface area contributed by atoms with Gasteiger partial charge in [0, 0.05) is 16.2 Å². The Morgan fingerprint density at radius 2 is 1.75 bits per heavy atom. The zero-order chi connectivity index (χ0) is 16.6. The van der Waals surface area contributed by atoms with Crippen molar-refractivity contribution in [3.8, 4) is 0 Å². The lowest BCUT2D eigenvalue weighted by Gasteiger charge is -2.46. The van der Waals surface area contributed by atoms with Crippen LogP contribution in [0.15, 0.2) is 48.5 Å². The fourth-order valence-electron chi connectivity index (χ4n) is 4.93. The van der Waals surface area contributed by atoms with E-state index in [0.717, 1.165) is 17.1 Å². The van der Waals surface area contributed by atoms with Gasteiger partial charge in [0.25, 0.3) is 0 Å². The Labute approximate surface area is 150 Å². The minimum Gasteiger partial charge on any atom is -0.380 e. The Kier molecular flexibility index (Phi) is 4.08. The zero-order valence-electron chi connectivity index (χ0n) is 14.4. The van der Waals surface area contributed by atoms with E-state index in [2.05, 4.69) is 42.6 Å². The number of hydrogen-bond donors (Lipinski definition) is 1. The normalized spacial score (nSPS) is 28.8. The van der Waals surface area contributed by atoms with E-state index >= 15 is 0 Å². The van der Waals surface area contributed by atoms with Crippen molar-refractivity contribution in [2.45, 2.75) is 62.8 Å². The van der Waals surface area contributed by atoms with Crippen LogP contribution in [0.5, 0.6) is 0 Å². The summed E-state index contributed by atoms with van der Waals surface area (Å²) in [6, 6.07) is 17.3. The summed E-state index contributed by atoms with van der Waals surface area (Å²) in [5.74, 6) is 0. The molecule has 2 aromatic carbocycles. The van der Waals surface area contributed by atoms with Crippen molar-refractivity contribution in [3.63, 3.8) is 0 Å². The molecule has 4 rings (SSSR count). The van der Waals surface area contributed by atoms with Crippen LogP contribution in [-0.2, 0) is 11.8 Å². The van der Waals surface area contributed by atoms with Crippen molar-refractivity contribution < 1.29 is 0 Å². The van der Waals surface area contributed by atoms with Gasteiger partial charge in [0.1, 0.15) is 0 Å². The first-order chi connectivity index (χ1) is 11.6. The molecule has 1 nitrogen and oxygen atoms in total. The molecule has 1 N–H and O–H groups in total. The second-order valence-electron chi connectivity index (χ2n) is 7.71. The van der Waals surface area contributed by atoms with Crippen LogP contribution in [0.2, 0.25) is 5.02 Å². The second kappa shape index (κ2) is 6.11. The minimum atomic E-state index is 0.216. The van der Waals surface area contributed by atoms with E-state index in [9.17, 15) is 0 Å². The van der Waals surface area contributed by atoms with Gasteiger partial charge in [-0.2, -0.15) is 0 Å². The molecule has 0 radical (unpaired) electrons. The Morgan fingerprint density at radius 1 is 0.958 bits per heavy atom. The molecule has 0 unspecified atom stereocenters. The largest absolute Gasteiger partial charge is 0.380 e. The molecule has 0 atom stereocenters. The molecule has 2 aromatic rings. The standard InChI is InChI=1S/C22H26ClN/c1-2-22(24-19-8-5-7-18(23)16-19)14-12-21(13-15-22)11-10-17-6-3-4-9-20(17)21/h3-9,16,24H,2,10-15H2,1H3. The topological polar surface area (TPSA) is 12.0 Å². The highest BCUT2D eigenvalue weighted by atomic mass is 35.5. The second-order valence-corrected chi connectivity index (χ2v) is 8.14. The molecule has 0 bridgehead atoms. The highest BCUT2D eigenvalue weighted by Gasteiger charge is 2.45. The third kappa shape index (κ3) is 2.73. The number of rotatable bonds is 3. The number of nitrogens with one attached hydrogen (secondary N) is 1. The van der Waals surface area contributed by atoms with Crippen LogP contribution in [0.25, 0.3) is 0 Å². The van der Waals surface area contributed by atoms with Crippen LogP contribution in [0.1, 0.15) is 56.6 Å². The Balaban J connectivity index is 1.54. The molecule has 2 heteroatoms. The molecule has 24 heavy (non-hydrogen) atoms. The lowest BCUT2D eigenvalue weighted by atomic mass is 9.64. The monoisotopic (exact) mass is 339 g/mol. The van der Waals surface area contributed by atoms with Crippen LogP contribution in [0.3, 0.4) is 0 Å². The lowest BCUT2D eigenvalue weighted by molar-refractivity contribution is 0.209. The van der Waals surface area contributed by atoms with Gasteiger partial charge in [-0.05, 0) is 79.7 Å². The maximum absolute atomic E-state index is 6.17. The number of halogens is 1. The van der Waals surface area contributed by atoms with E-state index in [1.807, 2.05) is 18.2 Å². The average Bonchev–Trinajstić information content (AvgIpc) is 2.97. The van der Waals surface area contributed by atoms with Crippen LogP contribution in [-0.4, -0.2) is 5.54 Å². The molecule has 1 fully saturated rings. The van der Waals surface area contributed by atoms with Gasteiger partial charge in [-0.25, -0.2) is 0 Å². The van der Waals surface area contributed by atoms with Crippen LogP contribution in [0.4, 0.5) is 5.69 Å². The molecule has 0 amide bonds. The van der Waals surface area contributed by atoms with Gasteiger partial charge in [-0.15, -0.1) is 0 Å². The van der Waals surface area contributed by atoms with E-state index in [0.29, 0.717) is 5.41 Å². The maximum atomic E-state index is 6.17. The number of hydrogen-bond acceptors (Lipinski definition) is 1. The van der Waals surface area contributed by atoms with Crippen LogP contribution < -0.4 is 5.32 Å². The smallest absolute Gasteiger partial charge is 0.0426 e. The molecule has 126 valence electrons. The molecular weight excluding hydrogens is 314 g/mol. The summed E-state index contributed by atoms with van der Waals surface area (Å²) in [4.78, 5) is 0. The predicted molar refractivity (Wildman–Crippen MR) is 103 cm³/mol. The number of anilines is 1. The van der Waals surface area contributed by atoms with Crippen molar-refractivity contribution in [2.75, 3.05) is 5.32 Å². The first-order valence-electron chi connectivity index (χ1n) is 9.27. The van der Waals surface area contributed by atoms with Crippen molar-refractivity contribution in [2.24, 2.45) is 0 Å². The van der Waals surface area contributed by atoms with Gasteiger partial charge in [0.15, 0.2) is 0 Å². The van der Waals surface area contributed by atoms with Gasteiger partial charge in [-0.3, -0.25) is 0 Å². The summed E-state index contributed by atoms with van der Waals surface area (Å²) in [5, 5.41) is 4.64. The van der Waals surface area contributed by atoms with Crippen molar-refractivity contribution in [3.05, 3.63) is 64.7 Å². The SMILES string of the molecule is CCC1(Nc2cccc(Cl)c2)CCC2(CCc3ccccc32)CC1.